The van der Waals surface area contributed by atoms with Crippen molar-refractivity contribution >= 4 is 11.7 Å². The molecule has 0 saturated carbocycles. The van der Waals surface area contributed by atoms with E-state index >= 15 is 0 Å². The number of nitrogens with zero attached hydrogens (tertiary/aromatic N) is 4. The summed E-state index contributed by atoms with van der Waals surface area (Å²) >= 11 is 0. The molecule has 1 amide bonds. The number of hydrogen-bond donors (Lipinski definition) is 0. The second-order valence-electron chi connectivity index (χ2n) is 9.88. The van der Waals surface area contributed by atoms with E-state index in [1.807, 2.05) is 6.20 Å². The fourth-order valence-corrected chi connectivity index (χ4v) is 4.11. The summed E-state index contributed by atoms with van der Waals surface area (Å²) in [6.45, 7) is 12.2. The summed E-state index contributed by atoms with van der Waals surface area (Å²) in [6.07, 6.45) is 6.78. The second-order valence-corrected chi connectivity index (χ2v) is 9.88. The Kier molecular flexibility index (Phi) is 10.2. The summed E-state index contributed by atoms with van der Waals surface area (Å²) in [5, 5.41) is 0. The minimum Gasteiger partial charge on any atom is -0.487 e. The van der Waals surface area contributed by atoms with E-state index in [1.54, 1.807) is 20.2 Å². The van der Waals surface area contributed by atoms with Crippen LogP contribution in [-0.4, -0.2) is 60.3 Å². The van der Waals surface area contributed by atoms with E-state index in [-0.39, 0.29) is 29.9 Å². The van der Waals surface area contributed by atoms with Crippen LogP contribution in [0.25, 0.3) is 11.1 Å². The van der Waals surface area contributed by atoms with Crippen molar-refractivity contribution in [2.75, 3.05) is 33.8 Å². The molecule has 1 aromatic heterocycles. The third-order valence-electron chi connectivity index (χ3n) is 6.81. The van der Waals surface area contributed by atoms with Crippen LogP contribution in [0.1, 0.15) is 56.9 Å². The van der Waals surface area contributed by atoms with Gasteiger partial charge in [0.25, 0.3) is 5.91 Å². The van der Waals surface area contributed by atoms with Crippen molar-refractivity contribution in [3.05, 3.63) is 71.7 Å². The number of allylic oxidation sites excluding steroid dienone is 1. The number of carbonyl (C=O) groups excluding carboxylic acids is 1. The lowest BCUT2D eigenvalue weighted by Gasteiger charge is -2.34. The standard InChI is InChI=1S/C30H38F2N4O2/c1-7-20(3)17-34-29(21(4)8-2)36-13-11-22(12-14-36)19-38-28-25(31)15-24(16-26(28)32)23-9-10-27(33-18-23)30(37)35(5)6/h9-10,15-18,22H,4,7-8,11-14,19H2,1-3,5-6H3. The van der Waals surface area contributed by atoms with Gasteiger partial charge in [0.1, 0.15) is 11.5 Å². The average Bonchev–Trinajstić information content (AvgIpc) is 2.92. The van der Waals surface area contributed by atoms with Crippen molar-refractivity contribution in [3.8, 4) is 16.9 Å². The minimum absolute atomic E-state index is 0.180. The zero-order valence-electron chi connectivity index (χ0n) is 23.1. The number of rotatable bonds is 9. The van der Waals surface area contributed by atoms with Crippen LogP contribution in [0.15, 0.2) is 59.4 Å². The number of ether oxygens (including phenoxy) is 1. The van der Waals surface area contributed by atoms with Crippen LogP contribution < -0.4 is 4.74 Å². The van der Waals surface area contributed by atoms with Gasteiger partial charge in [-0.2, -0.15) is 0 Å². The molecule has 1 aromatic carbocycles. The van der Waals surface area contributed by atoms with Crippen LogP contribution in [-0.2, 0) is 0 Å². The van der Waals surface area contributed by atoms with Gasteiger partial charge < -0.3 is 14.5 Å². The number of aromatic nitrogens is 1. The van der Waals surface area contributed by atoms with E-state index in [9.17, 15) is 13.6 Å². The third kappa shape index (κ3) is 7.27. The van der Waals surface area contributed by atoms with Gasteiger partial charge in [-0.15, -0.1) is 0 Å². The van der Waals surface area contributed by atoms with Crippen molar-refractivity contribution in [3.63, 3.8) is 0 Å². The number of hydrogen-bond acceptors (Lipinski definition) is 4. The Hall–Kier alpha value is -3.55. The molecule has 0 bridgehead atoms. The molecular formula is C30H38F2N4O2. The van der Waals surface area contributed by atoms with Crippen molar-refractivity contribution in [2.24, 2.45) is 10.9 Å². The average molecular weight is 525 g/mol. The van der Waals surface area contributed by atoms with Gasteiger partial charge >= 0.3 is 0 Å². The highest BCUT2D eigenvalue weighted by Gasteiger charge is 2.24. The highest BCUT2D eigenvalue weighted by molar-refractivity contribution is 5.98. The van der Waals surface area contributed by atoms with Gasteiger partial charge in [0.2, 0.25) is 0 Å². The van der Waals surface area contributed by atoms with Gasteiger partial charge in [0.15, 0.2) is 17.4 Å². The quantitative estimate of drug-likeness (QED) is 0.278. The maximum atomic E-state index is 14.9. The molecule has 38 heavy (non-hydrogen) atoms. The molecule has 0 unspecified atom stereocenters. The van der Waals surface area contributed by atoms with Crippen molar-refractivity contribution < 1.29 is 18.3 Å². The van der Waals surface area contributed by atoms with Gasteiger partial charge in [0.05, 0.1) is 6.61 Å². The number of aliphatic imine (C=N–C) groups is 1. The Morgan fingerprint density at radius 2 is 1.82 bits per heavy atom. The molecule has 0 atom stereocenters. The number of amides is 1. The first-order valence-electron chi connectivity index (χ1n) is 13.1. The Balaban J connectivity index is 1.62. The van der Waals surface area contributed by atoms with Gasteiger partial charge in [-0.3, -0.25) is 9.78 Å². The first-order valence-corrected chi connectivity index (χ1v) is 13.1. The highest BCUT2D eigenvalue weighted by Crippen LogP contribution is 2.30. The largest absolute Gasteiger partial charge is 0.487 e. The first-order chi connectivity index (χ1) is 18.1. The van der Waals surface area contributed by atoms with Gasteiger partial charge in [0, 0.05) is 45.1 Å². The number of halogens is 2. The Labute approximate surface area is 224 Å². The summed E-state index contributed by atoms with van der Waals surface area (Å²) in [6, 6.07) is 5.63. The van der Waals surface area contributed by atoms with E-state index < -0.39 is 11.6 Å². The number of pyridine rings is 1. The Bertz CT molecular complexity index is 1170. The molecule has 8 heteroatoms. The van der Waals surface area contributed by atoms with Gasteiger partial charge in [-0.25, -0.2) is 13.8 Å². The molecule has 0 radical (unpaired) electrons. The maximum absolute atomic E-state index is 14.9. The Morgan fingerprint density at radius 1 is 1.16 bits per heavy atom. The molecule has 1 saturated heterocycles. The van der Waals surface area contributed by atoms with Crippen LogP contribution in [0.5, 0.6) is 5.75 Å². The predicted octanol–water partition coefficient (Wildman–Crippen LogP) is 6.50. The lowest BCUT2D eigenvalue weighted by Crippen LogP contribution is -2.40. The van der Waals surface area contributed by atoms with Crippen LogP contribution >= 0.6 is 0 Å². The fourth-order valence-electron chi connectivity index (χ4n) is 4.11. The summed E-state index contributed by atoms with van der Waals surface area (Å²) in [7, 11) is 3.26. The summed E-state index contributed by atoms with van der Waals surface area (Å²) in [5.41, 5.74) is 3.30. The number of amidine groups is 1. The SMILES string of the molecule is C=C(CC)C(=NC=C(C)CC)N1CCC(COc2c(F)cc(-c3ccc(C(=O)N(C)C)nc3)cc2F)CC1. The van der Waals surface area contributed by atoms with Crippen LogP contribution in [0.4, 0.5) is 8.78 Å². The molecule has 1 aliphatic rings. The monoisotopic (exact) mass is 524 g/mol. The molecule has 0 aliphatic carbocycles. The zero-order valence-corrected chi connectivity index (χ0v) is 23.1. The number of benzene rings is 1. The lowest BCUT2D eigenvalue weighted by molar-refractivity contribution is 0.0822. The van der Waals surface area contributed by atoms with Gasteiger partial charge in [-0.05, 0) is 67.9 Å². The second kappa shape index (κ2) is 13.3. The fraction of sp³-hybridized carbons (Fsp3) is 0.433. The number of likely N-dealkylation sites (tertiary alicyclic amines) is 1. The van der Waals surface area contributed by atoms with Crippen molar-refractivity contribution in [1.29, 1.82) is 0 Å². The minimum atomic E-state index is -0.766. The first kappa shape index (κ1) is 29.0. The molecule has 0 spiro atoms. The summed E-state index contributed by atoms with van der Waals surface area (Å²) in [4.78, 5) is 24.5. The smallest absolute Gasteiger partial charge is 0.271 e. The summed E-state index contributed by atoms with van der Waals surface area (Å²) in [5.74, 6) is -1.05. The molecular weight excluding hydrogens is 486 g/mol. The lowest BCUT2D eigenvalue weighted by atomic mass is 9.97. The van der Waals surface area contributed by atoms with Crippen LogP contribution in [0, 0.1) is 17.6 Å². The predicted molar refractivity (Wildman–Crippen MR) is 148 cm³/mol. The summed E-state index contributed by atoms with van der Waals surface area (Å²) < 4.78 is 35.3. The van der Waals surface area contributed by atoms with E-state index in [4.69, 9.17) is 9.73 Å². The van der Waals surface area contributed by atoms with E-state index in [1.165, 1.54) is 34.9 Å². The van der Waals surface area contributed by atoms with Gasteiger partial charge in [-0.1, -0.05) is 32.1 Å². The van der Waals surface area contributed by atoms with Crippen LogP contribution in [0.2, 0.25) is 0 Å². The molecule has 3 rings (SSSR count). The van der Waals surface area contributed by atoms with E-state index in [0.717, 1.165) is 50.2 Å². The molecule has 1 fully saturated rings. The normalized spacial score (nSPS) is 15.0. The van der Waals surface area contributed by atoms with Crippen molar-refractivity contribution in [1.82, 2.24) is 14.8 Å². The van der Waals surface area contributed by atoms with E-state index in [0.29, 0.717) is 11.1 Å². The molecule has 6 nitrogen and oxygen atoms in total. The molecule has 2 heterocycles. The van der Waals surface area contributed by atoms with Crippen LogP contribution in [0.3, 0.4) is 0 Å². The van der Waals surface area contributed by atoms with Crippen molar-refractivity contribution in [2.45, 2.75) is 46.5 Å². The maximum Gasteiger partial charge on any atom is 0.271 e. The third-order valence-corrected chi connectivity index (χ3v) is 6.81. The van der Waals surface area contributed by atoms with E-state index in [2.05, 4.69) is 37.2 Å². The highest BCUT2D eigenvalue weighted by atomic mass is 19.1. The molecule has 2 aromatic rings. The molecule has 0 N–H and O–H groups in total. The molecule has 1 aliphatic heterocycles. The number of carbonyl (C=O) groups is 1. The number of piperidine rings is 1. The zero-order chi connectivity index (χ0) is 27.8. The Morgan fingerprint density at radius 3 is 2.34 bits per heavy atom. The topological polar surface area (TPSA) is 58.0 Å². The molecule has 204 valence electrons.